The van der Waals surface area contributed by atoms with Crippen molar-refractivity contribution in [1.82, 2.24) is 0 Å². The molecule has 0 saturated heterocycles. The number of carbonyl (C=O) groups excluding carboxylic acids is 2. The molecular formula is C54H72N2O14+2. The van der Waals surface area contributed by atoms with Crippen molar-refractivity contribution in [2.24, 2.45) is 0 Å². The lowest BCUT2D eigenvalue weighted by molar-refractivity contribution is -0.941. The molecule has 0 bridgehead atoms. The van der Waals surface area contributed by atoms with Crippen LogP contribution in [0.2, 0.25) is 0 Å². The number of aliphatic hydroxyl groups excluding tert-OH is 4. The van der Waals surface area contributed by atoms with Crippen LogP contribution in [0, 0.1) is 0 Å². The number of fused-ring (bicyclic) bond motifs is 2. The second-order valence-electron chi connectivity index (χ2n) is 18.4. The molecule has 2 heterocycles. The zero-order valence-electron chi connectivity index (χ0n) is 42.0. The summed E-state index contributed by atoms with van der Waals surface area (Å²) in [5.74, 6) is 2.28. The van der Waals surface area contributed by atoms with E-state index in [0.717, 1.165) is 65.0 Å². The second-order valence-corrected chi connectivity index (χ2v) is 18.4. The maximum Gasteiger partial charge on any atom is 0.331 e. The van der Waals surface area contributed by atoms with Crippen molar-refractivity contribution in [2.75, 3.05) is 96.1 Å². The molecule has 4 unspecified atom stereocenters. The minimum absolute atomic E-state index is 0.0740. The van der Waals surface area contributed by atoms with Gasteiger partial charge in [-0.15, -0.1) is 0 Å². The van der Waals surface area contributed by atoms with E-state index >= 15 is 0 Å². The molecule has 16 heteroatoms. The van der Waals surface area contributed by atoms with Gasteiger partial charge in [-0.3, -0.25) is 0 Å². The fourth-order valence-corrected chi connectivity index (χ4v) is 10.6. The molecule has 0 aliphatic carbocycles. The number of aliphatic hydroxyl groups is 4. The molecular weight excluding hydrogens is 901 g/mol. The van der Waals surface area contributed by atoms with Gasteiger partial charge < -0.3 is 67.3 Å². The monoisotopic (exact) mass is 972 g/mol. The number of benzene rings is 4. The molecule has 0 radical (unpaired) electrons. The van der Waals surface area contributed by atoms with E-state index in [0.29, 0.717) is 111 Å². The molecule has 70 heavy (non-hydrogen) atoms. The van der Waals surface area contributed by atoms with Crippen molar-refractivity contribution in [3.63, 3.8) is 0 Å². The maximum atomic E-state index is 12.9. The predicted octanol–water partition coefficient (Wildman–Crippen LogP) is 5.40. The Kier molecular flexibility index (Phi) is 18.6. The first kappa shape index (κ1) is 53.5. The lowest BCUT2D eigenvalue weighted by atomic mass is 9.82. The molecule has 0 fully saturated rings. The smallest absolute Gasteiger partial charge is 0.331 e. The van der Waals surface area contributed by atoms with Gasteiger partial charge in [-0.25, -0.2) is 9.59 Å². The summed E-state index contributed by atoms with van der Waals surface area (Å²) in [6, 6.07) is 15.4. The van der Waals surface area contributed by atoms with E-state index in [2.05, 4.69) is 14.1 Å². The molecule has 4 aromatic carbocycles. The van der Waals surface area contributed by atoms with E-state index in [1.807, 2.05) is 48.5 Å². The van der Waals surface area contributed by atoms with Crippen molar-refractivity contribution in [3.8, 4) is 34.5 Å². The van der Waals surface area contributed by atoms with Gasteiger partial charge >= 0.3 is 11.9 Å². The summed E-state index contributed by atoms with van der Waals surface area (Å²) in [5, 5.41) is 40.5. The van der Waals surface area contributed by atoms with Crippen LogP contribution < -0.4 is 28.4 Å². The van der Waals surface area contributed by atoms with Crippen LogP contribution in [0.25, 0.3) is 0 Å². The summed E-state index contributed by atoms with van der Waals surface area (Å²) in [5.41, 5.74) is 8.60. The largest absolute Gasteiger partial charge is 0.496 e. The fraction of sp³-hybridized carbons (Fsp3) is 0.481. The van der Waals surface area contributed by atoms with Crippen molar-refractivity contribution in [1.29, 1.82) is 0 Å². The first-order valence-corrected chi connectivity index (χ1v) is 23.8. The SMILES string of the molecule is COc1ccc(CC2c3c(cc(OC)c(OC)c3OC)CC[N+]2(C)CCCOC(=O)/C=C\C(=O)OCCC[N+]2(C)CCc3cc(CO)c(CO)c(OC)c3C2Cc2ccc(CO)c(CO)c2)cc1OC. The average molecular weight is 973 g/mol. The topological polar surface area (TPSA) is 189 Å². The lowest BCUT2D eigenvalue weighted by Gasteiger charge is -2.46. The Morgan fingerprint density at radius 1 is 0.543 bits per heavy atom. The van der Waals surface area contributed by atoms with Gasteiger partial charge in [-0.2, -0.15) is 0 Å². The quantitative estimate of drug-likeness (QED) is 0.0302. The van der Waals surface area contributed by atoms with Gasteiger partial charge in [0.2, 0.25) is 5.75 Å². The molecule has 0 amide bonds. The van der Waals surface area contributed by atoms with E-state index in [9.17, 15) is 30.0 Å². The second kappa shape index (κ2) is 24.3. The number of quaternary nitrogens is 2. The molecule has 16 nitrogen and oxygen atoms in total. The van der Waals surface area contributed by atoms with Crippen LogP contribution >= 0.6 is 0 Å². The summed E-state index contributed by atoms with van der Waals surface area (Å²) in [7, 11) is 14.0. The van der Waals surface area contributed by atoms with Crippen LogP contribution in [-0.2, 0) is 71.2 Å². The Balaban J connectivity index is 1.08. The molecule has 0 aromatic heterocycles. The Labute approximate surface area is 411 Å². The molecule has 380 valence electrons. The molecule has 6 rings (SSSR count). The number of hydrogen-bond donors (Lipinski definition) is 4. The van der Waals surface area contributed by atoms with E-state index in [1.165, 1.54) is 0 Å². The zero-order chi connectivity index (χ0) is 50.6. The fourth-order valence-electron chi connectivity index (χ4n) is 10.6. The van der Waals surface area contributed by atoms with Crippen LogP contribution in [0.1, 0.15) is 80.6 Å². The zero-order valence-corrected chi connectivity index (χ0v) is 42.0. The van der Waals surface area contributed by atoms with Crippen LogP contribution in [0.4, 0.5) is 0 Å². The van der Waals surface area contributed by atoms with Crippen molar-refractivity contribution < 1.29 is 76.9 Å². The van der Waals surface area contributed by atoms with Crippen LogP contribution in [0.3, 0.4) is 0 Å². The maximum absolute atomic E-state index is 12.9. The molecule has 4 N–H and O–H groups in total. The van der Waals surface area contributed by atoms with Gasteiger partial charge in [0, 0.05) is 56.2 Å². The molecule has 4 atom stereocenters. The van der Waals surface area contributed by atoms with Gasteiger partial charge in [-0.1, -0.05) is 30.3 Å². The number of esters is 2. The Bertz CT molecular complexity index is 2320. The van der Waals surface area contributed by atoms with E-state index in [-0.39, 0.29) is 51.7 Å². The summed E-state index contributed by atoms with van der Waals surface area (Å²) in [6.07, 6.45) is 5.92. The number of carbonyl (C=O) groups is 2. The normalized spacial score (nSPS) is 19.5. The Morgan fingerprint density at radius 3 is 1.54 bits per heavy atom. The number of likely N-dealkylation sites (N-methyl/N-ethyl adjacent to an activating group) is 2. The van der Waals surface area contributed by atoms with Crippen LogP contribution in [0.15, 0.2) is 60.7 Å². The van der Waals surface area contributed by atoms with Gasteiger partial charge in [-0.05, 0) is 57.1 Å². The minimum atomic E-state index is -0.657. The van der Waals surface area contributed by atoms with E-state index < -0.39 is 11.9 Å². The third-order valence-electron chi connectivity index (χ3n) is 14.4. The van der Waals surface area contributed by atoms with Crippen LogP contribution in [-0.4, -0.2) is 137 Å². The minimum Gasteiger partial charge on any atom is -0.496 e. The standard InChI is InChI=1S/C54H72N2O14/c1-55(21-17-37-29-41(33-59)42(34-60)52(66-6)50(37)43(55)26-35-11-13-39(31-57)40(25-35)32-58)19-9-23-69-48(61)15-16-49(62)70-24-10-20-56(2)22-18-38-30-47(65-5)53(67-7)54(68-8)51(38)44(56)27-36-12-14-45(63-3)46(28-36)64-4/h11-16,25,28-30,43-44,57-60H,9-10,17-24,26-27,31-34H2,1-8H3/q+2/b16-15-. The lowest BCUT2D eigenvalue weighted by Crippen LogP contribution is -2.53. The molecule has 0 spiro atoms. The number of ether oxygens (including phenoxy) is 8. The highest BCUT2D eigenvalue weighted by molar-refractivity contribution is 5.91. The molecule has 0 saturated carbocycles. The average Bonchev–Trinajstić information content (AvgIpc) is 3.38. The van der Waals surface area contributed by atoms with Crippen molar-refractivity contribution in [2.45, 2.75) is 77.0 Å². The number of hydrogen-bond acceptors (Lipinski definition) is 14. The van der Waals surface area contributed by atoms with E-state index in [4.69, 9.17) is 37.9 Å². The molecule has 2 aliphatic rings. The molecule has 4 aromatic rings. The van der Waals surface area contributed by atoms with Crippen LogP contribution in [0.5, 0.6) is 34.5 Å². The number of nitrogens with zero attached hydrogens (tertiary/aromatic N) is 2. The third-order valence-corrected chi connectivity index (χ3v) is 14.4. The van der Waals surface area contributed by atoms with Gasteiger partial charge in [0.25, 0.3) is 0 Å². The summed E-state index contributed by atoms with van der Waals surface area (Å²) >= 11 is 0. The highest BCUT2D eigenvalue weighted by Crippen LogP contribution is 2.51. The van der Waals surface area contributed by atoms with Gasteiger partial charge in [0.1, 0.15) is 17.8 Å². The van der Waals surface area contributed by atoms with E-state index in [1.54, 1.807) is 42.7 Å². The highest BCUT2D eigenvalue weighted by Gasteiger charge is 2.44. The van der Waals surface area contributed by atoms with Crippen molar-refractivity contribution in [3.05, 3.63) is 116 Å². The summed E-state index contributed by atoms with van der Waals surface area (Å²) in [4.78, 5) is 25.8. The highest BCUT2D eigenvalue weighted by atomic mass is 16.5. The number of rotatable bonds is 24. The van der Waals surface area contributed by atoms with Gasteiger partial charge in [0.15, 0.2) is 23.0 Å². The predicted molar refractivity (Wildman–Crippen MR) is 261 cm³/mol. The first-order valence-electron chi connectivity index (χ1n) is 23.8. The summed E-state index contributed by atoms with van der Waals surface area (Å²) in [6.45, 7) is 2.16. The first-order chi connectivity index (χ1) is 33.8. The third kappa shape index (κ3) is 11.7. The Morgan fingerprint density at radius 2 is 1.04 bits per heavy atom. The van der Waals surface area contributed by atoms with Crippen molar-refractivity contribution >= 4 is 11.9 Å². The Hall–Kier alpha value is -5.88. The molecule has 2 aliphatic heterocycles. The summed E-state index contributed by atoms with van der Waals surface area (Å²) < 4.78 is 47.1. The number of methoxy groups -OCH3 is 6. The van der Waals surface area contributed by atoms with Gasteiger partial charge in [0.05, 0.1) is 134 Å².